The van der Waals surface area contributed by atoms with Crippen molar-refractivity contribution >= 4 is 28.9 Å². The largest absolute Gasteiger partial charge is 0.493 e. The molecule has 2 heterocycles. The van der Waals surface area contributed by atoms with E-state index in [0.29, 0.717) is 30.0 Å². The Morgan fingerprint density at radius 3 is 2.43 bits per heavy atom. The van der Waals surface area contributed by atoms with E-state index in [1.165, 1.54) is 0 Å². The SMILES string of the molecule is COc1cc2c(cc1OC)C(c1cccs1)N(C(=O)CCC(=O)NCC(=O)c1ccccc1)CC2. The molecule has 3 aromatic rings. The van der Waals surface area contributed by atoms with Crippen LogP contribution in [-0.4, -0.2) is 49.8 Å². The van der Waals surface area contributed by atoms with Crippen LogP contribution in [0.25, 0.3) is 0 Å². The average molecular weight is 493 g/mol. The second-order valence-electron chi connectivity index (χ2n) is 8.23. The van der Waals surface area contributed by atoms with E-state index in [4.69, 9.17) is 9.47 Å². The summed E-state index contributed by atoms with van der Waals surface area (Å²) in [4.78, 5) is 40.7. The molecule has 8 heteroatoms. The lowest BCUT2D eigenvalue weighted by Gasteiger charge is -2.37. The Labute approximate surface area is 208 Å². The van der Waals surface area contributed by atoms with Crippen LogP contribution in [0, 0.1) is 0 Å². The smallest absolute Gasteiger partial charge is 0.223 e. The third kappa shape index (κ3) is 5.54. The monoisotopic (exact) mass is 492 g/mol. The van der Waals surface area contributed by atoms with Crippen LogP contribution in [0.3, 0.4) is 0 Å². The molecule has 0 bridgehead atoms. The summed E-state index contributed by atoms with van der Waals surface area (Å²) in [5, 5.41) is 4.62. The maximum absolute atomic E-state index is 13.3. The van der Waals surface area contributed by atoms with E-state index in [1.807, 2.05) is 40.6 Å². The maximum Gasteiger partial charge on any atom is 0.223 e. The molecule has 2 amide bonds. The minimum Gasteiger partial charge on any atom is -0.493 e. The molecule has 1 N–H and O–H groups in total. The van der Waals surface area contributed by atoms with Crippen LogP contribution in [0.5, 0.6) is 11.5 Å². The summed E-state index contributed by atoms with van der Waals surface area (Å²) >= 11 is 1.59. The second kappa shape index (κ2) is 11.2. The summed E-state index contributed by atoms with van der Waals surface area (Å²) in [7, 11) is 3.20. The molecule has 0 saturated heterocycles. The van der Waals surface area contributed by atoms with Gasteiger partial charge in [0.2, 0.25) is 11.8 Å². The number of nitrogens with one attached hydrogen (secondary N) is 1. The number of nitrogens with zero attached hydrogens (tertiary/aromatic N) is 1. The molecule has 0 saturated carbocycles. The van der Waals surface area contributed by atoms with Crippen LogP contribution in [-0.2, 0) is 16.0 Å². The summed E-state index contributed by atoms with van der Waals surface area (Å²) in [5.74, 6) is 0.690. The first-order valence-electron chi connectivity index (χ1n) is 11.4. The summed E-state index contributed by atoms with van der Waals surface area (Å²) in [6.07, 6.45) is 0.768. The van der Waals surface area contributed by atoms with E-state index in [2.05, 4.69) is 5.32 Å². The van der Waals surface area contributed by atoms with Crippen molar-refractivity contribution < 1.29 is 23.9 Å². The van der Waals surface area contributed by atoms with Crippen LogP contribution < -0.4 is 14.8 Å². The van der Waals surface area contributed by atoms with Crippen molar-refractivity contribution in [2.75, 3.05) is 27.3 Å². The lowest BCUT2D eigenvalue weighted by molar-refractivity contribution is -0.135. The highest BCUT2D eigenvalue weighted by atomic mass is 32.1. The molecule has 182 valence electrons. The van der Waals surface area contributed by atoms with Gasteiger partial charge in [-0.05, 0) is 41.1 Å². The van der Waals surface area contributed by atoms with Gasteiger partial charge in [-0.1, -0.05) is 36.4 Å². The number of thiophene rings is 1. The number of hydrogen-bond donors (Lipinski definition) is 1. The first-order chi connectivity index (χ1) is 17.0. The van der Waals surface area contributed by atoms with Gasteiger partial charge >= 0.3 is 0 Å². The summed E-state index contributed by atoms with van der Waals surface area (Å²) in [6, 6.07) is 16.5. The Hall–Kier alpha value is -3.65. The standard InChI is InChI=1S/C27H28N2O5S/c1-33-22-15-19-12-13-29(27(24-9-6-14-35-24)20(19)16-23(22)34-2)26(32)11-10-25(31)28-17-21(30)18-7-4-3-5-8-18/h3-9,14-16,27H,10-13,17H2,1-2H3,(H,28,31). The van der Waals surface area contributed by atoms with E-state index < -0.39 is 0 Å². The lowest BCUT2D eigenvalue weighted by Crippen LogP contribution is -2.41. The molecule has 1 aliphatic heterocycles. The molecule has 0 spiro atoms. The van der Waals surface area contributed by atoms with Gasteiger partial charge in [0.25, 0.3) is 0 Å². The van der Waals surface area contributed by atoms with Gasteiger partial charge in [0.15, 0.2) is 17.3 Å². The number of ether oxygens (including phenoxy) is 2. The third-order valence-corrected chi connectivity index (χ3v) is 7.04. The number of rotatable bonds is 9. The van der Waals surface area contributed by atoms with Crippen molar-refractivity contribution in [2.24, 2.45) is 0 Å². The number of Topliss-reactive ketones (excluding diaryl/α,β-unsaturated/α-hetero) is 1. The average Bonchev–Trinajstić information content (AvgIpc) is 3.43. The Balaban J connectivity index is 1.44. The molecule has 0 radical (unpaired) electrons. The van der Waals surface area contributed by atoms with Crippen molar-refractivity contribution in [3.05, 3.63) is 81.5 Å². The summed E-state index contributed by atoms with van der Waals surface area (Å²) in [6.45, 7) is 0.450. The Morgan fingerprint density at radius 2 is 1.74 bits per heavy atom. The van der Waals surface area contributed by atoms with Crippen LogP contribution >= 0.6 is 11.3 Å². The van der Waals surface area contributed by atoms with E-state index in [-0.39, 0.29) is 43.0 Å². The highest BCUT2D eigenvalue weighted by Gasteiger charge is 2.34. The normalized spacial score (nSPS) is 14.7. The topological polar surface area (TPSA) is 84.9 Å². The lowest BCUT2D eigenvalue weighted by atomic mass is 9.90. The number of ketones is 1. The zero-order valence-corrected chi connectivity index (χ0v) is 20.6. The number of benzene rings is 2. The van der Waals surface area contributed by atoms with E-state index in [1.54, 1.807) is 49.8 Å². The van der Waals surface area contributed by atoms with Gasteiger partial charge in [-0.25, -0.2) is 0 Å². The molecular weight excluding hydrogens is 464 g/mol. The van der Waals surface area contributed by atoms with Crippen LogP contribution in [0.2, 0.25) is 0 Å². The third-order valence-electron chi connectivity index (χ3n) is 6.11. The molecule has 2 aromatic carbocycles. The molecule has 1 atom stereocenters. The summed E-state index contributed by atoms with van der Waals surface area (Å²) < 4.78 is 11.0. The van der Waals surface area contributed by atoms with Gasteiger partial charge < -0.3 is 19.7 Å². The van der Waals surface area contributed by atoms with E-state index >= 15 is 0 Å². The van der Waals surface area contributed by atoms with Crippen molar-refractivity contribution in [3.63, 3.8) is 0 Å². The molecule has 1 aliphatic rings. The number of methoxy groups -OCH3 is 2. The highest BCUT2D eigenvalue weighted by Crippen LogP contribution is 2.42. The van der Waals surface area contributed by atoms with Crippen molar-refractivity contribution in [2.45, 2.75) is 25.3 Å². The Bertz CT molecular complexity index is 1190. The number of carbonyl (C=O) groups is 3. The van der Waals surface area contributed by atoms with Crippen LogP contribution in [0.4, 0.5) is 0 Å². The molecule has 4 rings (SSSR count). The maximum atomic E-state index is 13.3. The minimum absolute atomic E-state index is 0.0212. The van der Waals surface area contributed by atoms with E-state index in [9.17, 15) is 14.4 Å². The Morgan fingerprint density at radius 1 is 1.00 bits per heavy atom. The predicted octanol–water partition coefficient (Wildman–Crippen LogP) is 4.02. The Kier molecular flexibility index (Phi) is 7.82. The number of carbonyl (C=O) groups excluding carboxylic acids is 3. The molecule has 7 nitrogen and oxygen atoms in total. The number of amides is 2. The van der Waals surface area contributed by atoms with Crippen molar-refractivity contribution in [1.29, 1.82) is 0 Å². The fourth-order valence-corrected chi connectivity index (χ4v) is 5.18. The number of hydrogen-bond acceptors (Lipinski definition) is 6. The van der Waals surface area contributed by atoms with Gasteiger partial charge in [0, 0.05) is 29.8 Å². The van der Waals surface area contributed by atoms with Gasteiger partial charge in [0.05, 0.1) is 26.8 Å². The first kappa shape index (κ1) is 24.5. The number of fused-ring (bicyclic) bond motifs is 1. The predicted molar refractivity (Wildman–Crippen MR) is 134 cm³/mol. The van der Waals surface area contributed by atoms with Gasteiger partial charge in [-0.15, -0.1) is 11.3 Å². The fraction of sp³-hybridized carbons (Fsp3) is 0.296. The van der Waals surface area contributed by atoms with Crippen LogP contribution in [0.1, 0.15) is 45.2 Å². The van der Waals surface area contributed by atoms with E-state index in [0.717, 1.165) is 16.0 Å². The fourth-order valence-electron chi connectivity index (χ4n) is 4.33. The van der Waals surface area contributed by atoms with Crippen molar-refractivity contribution in [1.82, 2.24) is 10.2 Å². The van der Waals surface area contributed by atoms with Crippen LogP contribution in [0.15, 0.2) is 60.0 Å². The molecule has 1 aromatic heterocycles. The highest BCUT2D eigenvalue weighted by molar-refractivity contribution is 7.10. The van der Waals surface area contributed by atoms with Gasteiger partial charge in [0.1, 0.15) is 0 Å². The molecule has 1 unspecified atom stereocenters. The quantitative estimate of drug-likeness (QED) is 0.456. The summed E-state index contributed by atoms with van der Waals surface area (Å²) in [5.41, 5.74) is 2.66. The zero-order chi connectivity index (χ0) is 24.8. The first-order valence-corrected chi connectivity index (χ1v) is 12.3. The minimum atomic E-state index is -0.320. The second-order valence-corrected chi connectivity index (χ2v) is 9.21. The molecule has 35 heavy (non-hydrogen) atoms. The van der Waals surface area contributed by atoms with Gasteiger partial charge in [-0.2, -0.15) is 0 Å². The molecule has 0 fully saturated rings. The van der Waals surface area contributed by atoms with Crippen molar-refractivity contribution in [3.8, 4) is 11.5 Å². The zero-order valence-electron chi connectivity index (χ0n) is 19.8. The van der Waals surface area contributed by atoms with Gasteiger partial charge in [-0.3, -0.25) is 14.4 Å². The molecule has 0 aliphatic carbocycles. The molecular formula is C27H28N2O5S.